The van der Waals surface area contributed by atoms with E-state index < -0.39 is 0 Å². The topological polar surface area (TPSA) is 89.1 Å². The van der Waals surface area contributed by atoms with Gasteiger partial charge in [-0.15, -0.1) is 0 Å². The second kappa shape index (κ2) is 8.69. The van der Waals surface area contributed by atoms with Gasteiger partial charge in [-0.25, -0.2) is 9.48 Å². The first-order valence-electron chi connectivity index (χ1n) is 9.38. The van der Waals surface area contributed by atoms with Crippen LogP contribution in [0.2, 0.25) is 0 Å². The zero-order chi connectivity index (χ0) is 20.1. The fraction of sp³-hybridized carbons (Fsp3) is 0.400. The summed E-state index contributed by atoms with van der Waals surface area (Å²) in [6.07, 6.45) is 4.23. The summed E-state index contributed by atoms with van der Waals surface area (Å²) in [7, 11) is 1.75. The van der Waals surface area contributed by atoms with Gasteiger partial charge < -0.3 is 14.7 Å². The molecule has 0 fully saturated rings. The third kappa shape index (κ3) is 4.76. The number of nitrogens with one attached hydrogen (secondary N) is 1. The van der Waals surface area contributed by atoms with Crippen LogP contribution in [-0.4, -0.2) is 44.4 Å². The Labute approximate surface area is 164 Å². The standard InChI is InChI=1S/C20H26N6O2/c1-14(2)19-23-18(24-28-19)10-11-25(4)20(27)22-15(3)16-12-21-26(13-16)17-8-6-5-7-9-17/h5-9,12-15H,10-11H2,1-4H3,(H,22,27)/t15-/m1/s1. The summed E-state index contributed by atoms with van der Waals surface area (Å²) < 4.78 is 6.99. The molecule has 3 rings (SSSR count). The Morgan fingerprint density at radius 2 is 2.00 bits per heavy atom. The number of hydrogen-bond donors (Lipinski definition) is 1. The van der Waals surface area contributed by atoms with Gasteiger partial charge >= 0.3 is 6.03 Å². The first kappa shape index (κ1) is 19.6. The van der Waals surface area contributed by atoms with Gasteiger partial charge in [-0.2, -0.15) is 10.1 Å². The maximum absolute atomic E-state index is 12.5. The average molecular weight is 382 g/mol. The van der Waals surface area contributed by atoms with E-state index in [4.69, 9.17) is 4.52 Å². The van der Waals surface area contributed by atoms with E-state index in [0.29, 0.717) is 24.7 Å². The van der Waals surface area contributed by atoms with Gasteiger partial charge in [0.2, 0.25) is 5.89 Å². The van der Waals surface area contributed by atoms with Crippen molar-refractivity contribution in [3.05, 3.63) is 60.0 Å². The first-order chi connectivity index (χ1) is 13.4. The number of nitrogens with zero attached hydrogens (tertiary/aromatic N) is 5. The van der Waals surface area contributed by atoms with Crippen molar-refractivity contribution in [2.24, 2.45) is 0 Å². The van der Waals surface area contributed by atoms with Crippen molar-refractivity contribution in [3.8, 4) is 5.69 Å². The van der Waals surface area contributed by atoms with Gasteiger partial charge in [-0.3, -0.25) is 0 Å². The zero-order valence-electron chi connectivity index (χ0n) is 16.7. The van der Waals surface area contributed by atoms with Gasteiger partial charge in [0.15, 0.2) is 5.82 Å². The molecule has 2 aromatic heterocycles. The molecule has 1 N–H and O–H groups in total. The second-order valence-corrected chi connectivity index (χ2v) is 7.10. The third-order valence-electron chi connectivity index (χ3n) is 4.46. The Hall–Kier alpha value is -3.16. The summed E-state index contributed by atoms with van der Waals surface area (Å²) in [6, 6.07) is 9.53. The third-order valence-corrected chi connectivity index (χ3v) is 4.46. The molecule has 0 unspecified atom stereocenters. The van der Waals surface area contributed by atoms with Crippen LogP contribution in [0.1, 0.15) is 50.0 Å². The molecule has 0 aliphatic rings. The summed E-state index contributed by atoms with van der Waals surface area (Å²) in [5.74, 6) is 1.42. The van der Waals surface area contributed by atoms with Crippen LogP contribution in [0, 0.1) is 0 Å². The van der Waals surface area contributed by atoms with Crippen LogP contribution in [0.25, 0.3) is 5.69 Å². The maximum atomic E-state index is 12.5. The normalized spacial score (nSPS) is 12.2. The molecule has 0 radical (unpaired) electrons. The number of carbonyl (C=O) groups is 1. The van der Waals surface area contributed by atoms with E-state index in [9.17, 15) is 4.79 Å². The minimum Gasteiger partial charge on any atom is -0.339 e. The lowest BCUT2D eigenvalue weighted by molar-refractivity contribution is 0.205. The molecule has 28 heavy (non-hydrogen) atoms. The minimum atomic E-state index is -0.162. The van der Waals surface area contributed by atoms with E-state index in [1.54, 1.807) is 22.8 Å². The molecule has 0 bridgehead atoms. The Bertz CT molecular complexity index is 902. The lowest BCUT2D eigenvalue weighted by Crippen LogP contribution is -2.39. The number of hydrogen-bond acceptors (Lipinski definition) is 5. The molecule has 3 aromatic rings. The van der Waals surface area contributed by atoms with Crippen molar-refractivity contribution in [3.63, 3.8) is 0 Å². The summed E-state index contributed by atoms with van der Waals surface area (Å²) in [6.45, 7) is 6.43. The lowest BCUT2D eigenvalue weighted by atomic mass is 10.2. The molecular formula is C20H26N6O2. The van der Waals surface area contributed by atoms with Crippen LogP contribution in [0.3, 0.4) is 0 Å². The number of rotatable bonds is 7. The fourth-order valence-corrected chi connectivity index (χ4v) is 2.63. The van der Waals surface area contributed by atoms with E-state index in [-0.39, 0.29) is 18.0 Å². The SMILES string of the molecule is CC(C)c1nc(CCN(C)C(=O)N[C@H](C)c2cnn(-c3ccccc3)c2)no1. The van der Waals surface area contributed by atoms with E-state index >= 15 is 0 Å². The monoisotopic (exact) mass is 382 g/mol. The minimum absolute atomic E-state index is 0.160. The predicted octanol–water partition coefficient (Wildman–Crippen LogP) is 3.32. The Morgan fingerprint density at radius 3 is 2.68 bits per heavy atom. The lowest BCUT2D eigenvalue weighted by Gasteiger charge is -2.20. The van der Waals surface area contributed by atoms with Gasteiger partial charge in [-0.05, 0) is 19.1 Å². The fourth-order valence-electron chi connectivity index (χ4n) is 2.63. The molecule has 148 valence electrons. The van der Waals surface area contributed by atoms with E-state index in [0.717, 1.165) is 11.3 Å². The van der Waals surface area contributed by atoms with Crippen LogP contribution in [-0.2, 0) is 6.42 Å². The highest BCUT2D eigenvalue weighted by atomic mass is 16.5. The highest BCUT2D eigenvalue weighted by Gasteiger charge is 2.16. The highest BCUT2D eigenvalue weighted by Crippen LogP contribution is 2.15. The number of benzene rings is 1. The van der Waals surface area contributed by atoms with Crippen LogP contribution < -0.4 is 5.32 Å². The van der Waals surface area contributed by atoms with Crippen molar-refractivity contribution >= 4 is 6.03 Å². The van der Waals surface area contributed by atoms with Crippen LogP contribution in [0.15, 0.2) is 47.2 Å². The second-order valence-electron chi connectivity index (χ2n) is 7.10. The van der Waals surface area contributed by atoms with Crippen molar-refractivity contribution in [2.75, 3.05) is 13.6 Å². The maximum Gasteiger partial charge on any atom is 0.317 e. The van der Waals surface area contributed by atoms with Crippen molar-refractivity contribution in [2.45, 2.75) is 39.2 Å². The summed E-state index contributed by atoms with van der Waals surface area (Å²) in [5.41, 5.74) is 1.91. The van der Waals surface area contributed by atoms with Crippen molar-refractivity contribution < 1.29 is 9.32 Å². The molecule has 8 heteroatoms. The molecule has 8 nitrogen and oxygen atoms in total. The summed E-state index contributed by atoms with van der Waals surface area (Å²) in [4.78, 5) is 18.4. The van der Waals surface area contributed by atoms with E-state index in [1.165, 1.54) is 0 Å². The molecule has 0 saturated heterocycles. The van der Waals surface area contributed by atoms with Crippen molar-refractivity contribution in [1.82, 2.24) is 30.1 Å². The number of para-hydroxylation sites is 1. The first-order valence-corrected chi connectivity index (χ1v) is 9.38. The quantitative estimate of drug-likeness (QED) is 0.677. The van der Waals surface area contributed by atoms with Gasteiger partial charge in [0.25, 0.3) is 0 Å². The van der Waals surface area contributed by atoms with Crippen LogP contribution in [0.5, 0.6) is 0 Å². The van der Waals surface area contributed by atoms with E-state index in [1.807, 2.05) is 57.3 Å². The number of carbonyl (C=O) groups excluding carboxylic acids is 1. The van der Waals surface area contributed by atoms with Gasteiger partial charge in [0.1, 0.15) is 0 Å². The average Bonchev–Trinajstić information content (AvgIpc) is 3.36. The van der Waals surface area contributed by atoms with Gasteiger partial charge in [0, 0.05) is 37.7 Å². The number of aromatic nitrogens is 4. The largest absolute Gasteiger partial charge is 0.339 e. The molecule has 0 aliphatic carbocycles. The predicted molar refractivity (Wildman–Crippen MR) is 105 cm³/mol. The zero-order valence-corrected chi connectivity index (χ0v) is 16.7. The van der Waals surface area contributed by atoms with E-state index in [2.05, 4.69) is 20.6 Å². The molecule has 1 aromatic carbocycles. The molecule has 0 spiro atoms. The Balaban J connectivity index is 1.52. The van der Waals surface area contributed by atoms with Gasteiger partial charge in [-0.1, -0.05) is 37.2 Å². The number of likely N-dealkylation sites (N-methyl/N-ethyl adjacent to an activating group) is 1. The summed E-state index contributed by atoms with van der Waals surface area (Å²) >= 11 is 0. The highest BCUT2D eigenvalue weighted by molar-refractivity contribution is 5.74. The van der Waals surface area contributed by atoms with Gasteiger partial charge in [0.05, 0.1) is 17.9 Å². The molecule has 0 aliphatic heterocycles. The number of amides is 2. The molecule has 2 amide bonds. The Morgan fingerprint density at radius 1 is 1.25 bits per heavy atom. The Kier molecular flexibility index (Phi) is 6.08. The molecular weight excluding hydrogens is 356 g/mol. The van der Waals surface area contributed by atoms with Crippen LogP contribution in [0.4, 0.5) is 4.79 Å². The smallest absolute Gasteiger partial charge is 0.317 e. The number of urea groups is 1. The molecule has 0 saturated carbocycles. The molecule has 1 atom stereocenters. The van der Waals surface area contributed by atoms with Crippen molar-refractivity contribution in [1.29, 1.82) is 0 Å². The molecule has 2 heterocycles. The van der Waals surface area contributed by atoms with Crippen LogP contribution >= 0.6 is 0 Å². The summed E-state index contributed by atoms with van der Waals surface area (Å²) in [5, 5.41) is 11.3.